The summed E-state index contributed by atoms with van der Waals surface area (Å²) in [5, 5.41) is 28.4. The first-order chi connectivity index (χ1) is 21.2. The van der Waals surface area contributed by atoms with E-state index in [-0.39, 0.29) is 0 Å². The first kappa shape index (κ1) is 26.5. The summed E-state index contributed by atoms with van der Waals surface area (Å²) in [7, 11) is 0. The number of H-pyrrole nitrogens is 2. The number of aromatic amines is 2. The number of fused-ring (bicyclic) bond motifs is 2. The summed E-state index contributed by atoms with van der Waals surface area (Å²) in [6, 6.07) is 24.0. The molecule has 5 N–H and O–H groups in total. The molecule has 12 heteroatoms. The summed E-state index contributed by atoms with van der Waals surface area (Å²) in [5.41, 5.74) is 4.02. The highest BCUT2D eigenvalue weighted by atomic mass is 32.1. The molecule has 5 heterocycles. The first-order valence-electron chi connectivity index (χ1n) is 14.0. The second kappa shape index (κ2) is 11.9. The molecular weight excluding hydrogens is 558 g/mol. The van der Waals surface area contributed by atoms with Crippen LogP contribution in [-0.4, -0.2) is 40.3 Å². The molecule has 7 aromatic rings. The van der Waals surface area contributed by atoms with Crippen molar-refractivity contribution >= 4 is 62.4 Å². The Kier molecular flexibility index (Phi) is 7.32. The Hall–Kier alpha value is -5.36. The van der Waals surface area contributed by atoms with E-state index < -0.39 is 0 Å². The molecule has 11 nitrogen and oxygen atoms in total. The van der Waals surface area contributed by atoms with Crippen LogP contribution >= 0.6 is 11.3 Å². The van der Waals surface area contributed by atoms with Gasteiger partial charge in [0.05, 0.1) is 17.6 Å². The molecule has 1 saturated carbocycles. The van der Waals surface area contributed by atoms with Crippen molar-refractivity contribution in [1.82, 2.24) is 40.3 Å². The van der Waals surface area contributed by atoms with E-state index >= 15 is 0 Å². The standard InChI is InChI=1S/C19H18N6S.C12H11N5/c1-2-6-15-14(5-1)18(22-17-10-16(24-25-17)12-7-8-12)23-19(21-15)20-11-13-4-3-9-26-13;1-8-6-11(17-16-8)15-12-9-4-2-3-5-10(9)13-7-14-12/h1-6,9-10,12H,7-8,11H2,(H3,20,21,22,23,24,25);2-7H,1H3,(H2,13,14,15,16,17). The number of para-hydroxylation sites is 2. The number of nitrogens with one attached hydrogen (secondary N) is 5. The fourth-order valence-electron chi connectivity index (χ4n) is 4.66. The Bertz CT molecular complexity index is 1970. The van der Waals surface area contributed by atoms with Gasteiger partial charge in [-0.05, 0) is 55.5 Å². The summed E-state index contributed by atoms with van der Waals surface area (Å²) in [4.78, 5) is 19.0. The molecule has 0 aliphatic heterocycles. The van der Waals surface area contributed by atoms with E-state index in [9.17, 15) is 0 Å². The third-order valence-corrected chi connectivity index (χ3v) is 7.84. The quantitative estimate of drug-likeness (QED) is 0.126. The van der Waals surface area contributed by atoms with E-state index in [0.717, 1.165) is 50.8 Å². The van der Waals surface area contributed by atoms with Crippen molar-refractivity contribution in [3.05, 3.63) is 101 Å². The highest BCUT2D eigenvalue weighted by Gasteiger charge is 2.25. The molecule has 0 amide bonds. The normalized spacial score (nSPS) is 12.6. The molecule has 0 radical (unpaired) electrons. The number of thiophene rings is 1. The van der Waals surface area contributed by atoms with E-state index in [0.29, 0.717) is 18.4 Å². The van der Waals surface area contributed by atoms with E-state index in [1.54, 1.807) is 17.7 Å². The Labute approximate surface area is 251 Å². The fraction of sp³-hybridized carbons (Fsp3) is 0.161. The zero-order chi connectivity index (χ0) is 29.0. The molecule has 8 rings (SSSR count). The average Bonchev–Trinajstić information content (AvgIpc) is 3.36. The predicted molar refractivity (Wildman–Crippen MR) is 171 cm³/mol. The van der Waals surface area contributed by atoms with Crippen molar-refractivity contribution in [2.45, 2.75) is 32.2 Å². The van der Waals surface area contributed by atoms with E-state index in [1.807, 2.05) is 67.6 Å². The minimum Gasteiger partial charge on any atom is -0.349 e. The van der Waals surface area contributed by atoms with Crippen LogP contribution < -0.4 is 16.0 Å². The molecule has 1 fully saturated rings. The maximum Gasteiger partial charge on any atom is 0.225 e. The van der Waals surface area contributed by atoms with Gasteiger partial charge in [0.15, 0.2) is 11.6 Å². The molecule has 2 aromatic carbocycles. The van der Waals surface area contributed by atoms with E-state index in [4.69, 9.17) is 0 Å². The number of aromatic nitrogens is 8. The third kappa shape index (κ3) is 6.28. The molecule has 0 unspecified atom stereocenters. The van der Waals surface area contributed by atoms with Crippen molar-refractivity contribution in [2.75, 3.05) is 16.0 Å². The zero-order valence-electron chi connectivity index (χ0n) is 23.4. The van der Waals surface area contributed by atoms with Gasteiger partial charge in [0, 0.05) is 45.1 Å². The van der Waals surface area contributed by atoms with Crippen LogP contribution in [0.2, 0.25) is 0 Å². The Morgan fingerprint density at radius 2 is 1.53 bits per heavy atom. The smallest absolute Gasteiger partial charge is 0.225 e. The summed E-state index contributed by atoms with van der Waals surface area (Å²) < 4.78 is 0. The maximum atomic E-state index is 4.68. The van der Waals surface area contributed by atoms with Gasteiger partial charge in [-0.2, -0.15) is 15.2 Å². The molecule has 5 aromatic heterocycles. The van der Waals surface area contributed by atoms with Gasteiger partial charge in [-0.25, -0.2) is 15.0 Å². The topological polar surface area (TPSA) is 145 Å². The SMILES string of the molecule is Cc1cc(Nc2ncnc3ccccc23)n[nH]1.c1csc(CNc2nc(Nc3cc(C4CC4)[nH]n3)c3ccccc3n2)c1. The number of rotatable bonds is 8. The van der Waals surface area contributed by atoms with Gasteiger partial charge >= 0.3 is 0 Å². The number of hydrogen-bond donors (Lipinski definition) is 5. The minimum absolute atomic E-state index is 0.609. The lowest BCUT2D eigenvalue weighted by atomic mass is 10.2. The molecular formula is C31H29N11S. The van der Waals surface area contributed by atoms with Gasteiger partial charge in [0.2, 0.25) is 5.95 Å². The van der Waals surface area contributed by atoms with Crippen LogP contribution in [0.5, 0.6) is 0 Å². The van der Waals surface area contributed by atoms with Crippen LogP contribution in [0.1, 0.15) is 35.0 Å². The number of benzene rings is 2. The van der Waals surface area contributed by atoms with Crippen molar-refractivity contribution in [2.24, 2.45) is 0 Å². The molecule has 1 aliphatic carbocycles. The van der Waals surface area contributed by atoms with Gasteiger partial charge in [0.25, 0.3) is 0 Å². The van der Waals surface area contributed by atoms with Crippen LogP contribution in [0.15, 0.2) is 84.5 Å². The van der Waals surface area contributed by atoms with Gasteiger partial charge in [-0.1, -0.05) is 30.3 Å². The van der Waals surface area contributed by atoms with Crippen molar-refractivity contribution in [3.8, 4) is 0 Å². The lowest BCUT2D eigenvalue weighted by Gasteiger charge is -2.10. The van der Waals surface area contributed by atoms with Gasteiger partial charge < -0.3 is 16.0 Å². The molecule has 0 atom stereocenters. The molecule has 0 bridgehead atoms. The van der Waals surface area contributed by atoms with Gasteiger partial charge in [0.1, 0.15) is 18.0 Å². The molecule has 0 saturated heterocycles. The van der Waals surface area contributed by atoms with Crippen molar-refractivity contribution < 1.29 is 0 Å². The second-order valence-electron chi connectivity index (χ2n) is 10.3. The summed E-state index contributed by atoms with van der Waals surface area (Å²) in [6.45, 7) is 2.67. The fourth-order valence-corrected chi connectivity index (χ4v) is 5.31. The Morgan fingerprint density at radius 1 is 0.791 bits per heavy atom. The second-order valence-corrected chi connectivity index (χ2v) is 11.3. The molecule has 43 heavy (non-hydrogen) atoms. The minimum atomic E-state index is 0.609. The summed E-state index contributed by atoms with van der Waals surface area (Å²) in [5.74, 6) is 4.33. The van der Waals surface area contributed by atoms with Crippen molar-refractivity contribution in [3.63, 3.8) is 0 Å². The summed E-state index contributed by atoms with van der Waals surface area (Å²) >= 11 is 1.72. The van der Waals surface area contributed by atoms with Crippen LogP contribution in [0.4, 0.5) is 29.2 Å². The predicted octanol–water partition coefficient (Wildman–Crippen LogP) is 7.05. The highest BCUT2D eigenvalue weighted by Crippen LogP contribution is 2.39. The number of aryl methyl sites for hydroxylation is 1. The van der Waals surface area contributed by atoms with Crippen molar-refractivity contribution in [1.29, 1.82) is 0 Å². The van der Waals surface area contributed by atoms with E-state index in [2.05, 4.69) is 73.8 Å². The zero-order valence-corrected chi connectivity index (χ0v) is 24.2. The number of hydrogen-bond acceptors (Lipinski definition) is 10. The van der Waals surface area contributed by atoms with E-state index in [1.165, 1.54) is 23.4 Å². The lowest BCUT2D eigenvalue weighted by Crippen LogP contribution is -2.05. The first-order valence-corrected chi connectivity index (χ1v) is 14.9. The van der Waals surface area contributed by atoms with Crippen LogP contribution in [0.3, 0.4) is 0 Å². The molecule has 214 valence electrons. The maximum absolute atomic E-state index is 4.68. The largest absolute Gasteiger partial charge is 0.349 e. The highest BCUT2D eigenvalue weighted by molar-refractivity contribution is 7.09. The summed E-state index contributed by atoms with van der Waals surface area (Å²) in [6.07, 6.45) is 4.04. The number of anilines is 5. The Morgan fingerprint density at radius 3 is 2.30 bits per heavy atom. The lowest BCUT2D eigenvalue weighted by molar-refractivity contribution is 0.966. The molecule has 1 aliphatic rings. The van der Waals surface area contributed by atoms with Gasteiger partial charge in [-0.3, -0.25) is 10.2 Å². The van der Waals surface area contributed by atoms with Crippen LogP contribution in [0, 0.1) is 6.92 Å². The number of nitrogens with zero attached hydrogens (tertiary/aromatic N) is 6. The Balaban J connectivity index is 0.000000153. The third-order valence-electron chi connectivity index (χ3n) is 6.96. The van der Waals surface area contributed by atoms with Crippen LogP contribution in [-0.2, 0) is 6.54 Å². The van der Waals surface area contributed by atoms with Crippen LogP contribution in [0.25, 0.3) is 21.8 Å². The monoisotopic (exact) mass is 587 g/mol. The average molecular weight is 588 g/mol. The van der Waals surface area contributed by atoms with Gasteiger partial charge in [-0.15, -0.1) is 11.3 Å². The molecule has 0 spiro atoms.